The Hall–Kier alpha value is -0.120. The molecule has 0 heterocycles. The lowest BCUT2D eigenvalue weighted by Gasteiger charge is -2.26. The summed E-state index contributed by atoms with van der Waals surface area (Å²) in [7, 11) is 5.05. The maximum absolute atomic E-state index is 5.05. The van der Waals surface area contributed by atoms with Gasteiger partial charge in [0.25, 0.3) is 0 Å². The summed E-state index contributed by atoms with van der Waals surface area (Å²) in [6, 6.07) is 0. The molecular formula is C9H22O3. The van der Waals surface area contributed by atoms with Crippen molar-refractivity contribution in [2.75, 3.05) is 41.2 Å². The first-order valence-corrected chi connectivity index (χ1v) is 3.65. The fraction of sp³-hybridized carbons (Fsp3) is 1.00. The van der Waals surface area contributed by atoms with E-state index in [4.69, 9.17) is 14.2 Å². The van der Waals surface area contributed by atoms with E-state index in [2.05, 4.69) is 6.92 Å². The van der Waals surface area contributed by atoms with Crippen LogP contribution in [0.4, 0.5) is 0 Å². The maximum Gasteiger partial charge on any atom is 0.0560 e. The molecule has 76 valence electrons. The van der Waals surface area contributed by atoms with Gasteiger partial charge in [0.1, 0.15) is 0 Å². The monoisotopic (exact) mass is 178 g/mol. The van der Waals surface area contributed by atoms with Crippen molar-refractivity contribution in [3.05, 3.63) is 0 Å². The van der Waals surface area contributed by atoms with E-state index in [9.17, 15) is 0 Å². The molecule has 0 aromatic heterocycles. The first-order chi connectivity index (χ1) is 5.18. The van der Waals surface area contributed by atoms with Gasteiger partial charge >= 0.3 is 0 Å². The average Bonchev–Trinajstić information content (AvgIpc) is 1.88. The maximum atomic E-state index is 5.05. The van der Waals surface area contributed by atoms with Gasteiger partial charge in [-0.2, -0.15) is 0 Å². The van der Waals surface area contributed by atoms with Crippen LogP contribution in [0.15, 0.2) is 0 Å². The summed E-state index contributed by atoms with van der Waals surface area (Å²) in [5.41, 5.74) is -0.0156. The van der Waals surface area contributed by atoms with Crippen LogP contribution >= 0.6 is 0 Å². The molecule has 0 aromatic carbocycles. The van der Waals surface area contributed by atoms with Gasteiger partial charge in [-0.1, -0.05) is 14.4 Å². The molecule has 12 heavy (non-hydrogen) atoms. The molecule has 0 amide bonds. The number of methoxy groups -OCH3 is 3. The zero-order chi connectivity index (χ0) is 8.74. The lowest BCUT2D eigenvalue weighted by molar-refractivity contribution is -0.0266. The van der Waals surface area contributed by atoms with Gasteiger partial charge in [-0.15, -0.1) is 0 Å². The van der Waals surface area contributed by atoms with Crippen molar-refractivity contribution < 1.29 is 14.2 Å². The van der Waals surface area contributed by atoms with Crippen LogP contribution in [0.1, 0.15) is 14.4 Å². The standard InChI is InChI=1S/C8H18O3.CH4/c1-8(5-9-2,6-10-3)7-11-4;/h5-7H2,1-4H3;1H4. The summed E-state index contributed by atoms with van der Waals surface area (Å²) < 4.78 is 15.2. The summed E-state index contributed by atoms with van der Waals surface area (Å²) in [5, 5.41) is 0. The summed E-state index contributed by atoms with van der Waals surface area (Å²) in [6.07, 6.45) is 0. The lowest BCUT2D eigenvalue weighted by Crippen LogP contribution is -2.32. The molecule has 0 radical (unpaired) electrons. The first-order valence-electron chi connectivity index (χ1n) is 3.65. The Kier molecular flexibility index (Phi) is 9.03. The second-order valence-corrected chi connectivity index (χ2v) is 3.11. The van der Waals surface area contributed by atoms with Crippen LogP contribution in [-0.2, 0) is 14.2 Å². The highest BCUT2D eigenvalue weighted by atomic mass is 16.5. The number of ether oxygens (including phenoxy) is 3. The van der Waals surface area contributed by atoms with Crippen molar-refractivity contribution in [3.8, 4) is 0 Å². The normalized spacial score (nSPS) is 11.0. The van der Waals surface area contributed by atoms with Crippen LogP contribution in [-0.4, -0.2) is 41.2 Å². The zero-order valence-electron chi connectivity index (χ0n) is 7.85. The summed E-state index contributed by atoms with van der Waals surface area (Å²) in [4.78, 5) is 0. The Morgan fingerprint density at radius 2 is 1.08 bits per heavy atom. The fourth-order valence-electron chi connectivity index (χ4n) is 1.17. The van der Waals surface area contributed by atoms with E-state index in [0.29, 0.717) is 19.8 Å². The van der Waals surface area contributed by atoms with Crippen molar-refractivity contribution in [1.82, 2.24) is 0 Å². The largest absolute Gasteiger partial charge is 0.384 e. The molecule has 0 saturated carbocycles. The second-order valence-electron chi connectivity index (χ2n) is 3.11. The Morgan fingerprint density at radius 1 is 0.833 bits per heavy atom. The number of hydrogen-bond donors (Lipinski definition) is 0. The fourth-order valence-corrected chi connectivity index (χ4v) is 1.17. The predicted molar refractivity (Wildman–Crippen MR) is 50.5 cm³/mol. The average molecular weight is 178 g/mol. The van der Waals surface area contributed by atoms with Crippen molar-refractivity contribution in [1.29, 1.82) is 0 Å². The van der Waals surface area contributed by atoms with Crippen LogP contribution in [0.5, 0.6) is 0 Å². The van der Waals surface area contributed by atoms with Gasteiger partial charge in [-0.3, -0.25) is 0 Å². The van der Waals surface area contributed by atoms with E-state index in [1.807, 2.05) is 0 Å². The second kappa shape index (κ2) is 7.53. The highest BCUT2D eigenvalue weighted by Gasteiger charge is 2.23. The Bertz CT molecular complexity index is 76.8. The van der Waals surface area contributed by atoms with Crippen LogP contribution in [0.25, 0.3) is 0 Å². The van der Waals surface area contributed by atoms with Crippen molar-refractivity contribution in [3.63, 3.8) is 0 Å². The molecule has 0 aliphatic rings. The molecule has 0 bridgehead atoms. The Morgan fingerprint density at radius 3 is 1.25 bits per heavy atom. The Balaban J connectivity index is 0. The van der Waals surface area contributed by atoms with Crippen LogP contribution in [0.2, 0.25) is 0 Å². The molecule has 0 unspecified atom stereocenters. The topological polar surface area (TPSA) is 27.7 Å². The number of hydrogen-bond acceptors (Lipinski definition) is 3. The Labute approximate surface area is 76.0 Å². The van der Waals surface area contributed by atoms with E-state index < -0.39 is 0 Å². The van der Waals surface area contributed by atoms with E-state index in [1.54, 1.807) is 21.3 Å². The molecule has 0 aliphatic carbocycles. The highest BCUT2D eigenvalue weighted by Crippen LogP contribution is 2.16. The summed E-state index contributed by atoms with van der Waals surface area (Å²) >= 11 is 0. The molecule has 0 spiro atoms. The molecular weight excluding hydrogens is 156 g/mol. The lowest BCUT2D eigenvalue weighted by atomic mass is 9.94. The van der Waals surface area contributed by atoms with Gasteiger partial charge in [0.05, 0.1) is 19.8 Å². The van der Waals surface area contributed by atoms with Crippen molar-refractivity contribution in [2.45, 2.75) is 14.4 Å². The molecule has 3 nitrogen and oxygen atoms in total. The van der Waals surface area contributed by atoms with Crippen molar-refractivity contribution in [2.24, 2.45) is 5.41 Å². The summed E-state index contributed by atoms with van der Waals surface area (Å²) in [5.74, 6) is 0. The van der Waals surface area contributed by atoms with Gasteiger partial charge in [-0.25, -0.2) is 0 Å². The third kappa shape index (κ3) is 5.52. The SMILES string of the molecule is C.COCC(C)(COC)COC. The third-order valence-electron chi connectivity index (χ3n) is 1.48. The minimum absolute atomic E-state index is 0. The molecule has 0 aliphatic heterocycles. The van der Waals surface area contributed by atoms with E-state index in [0.717, 1.165) is 0 Å². The van der Waals surface area contributed by atoms with E-state index in [1.165, 1.54) is 0 Å². The van der Waals surface area contributed by atoms with Gasteiger partial charge < -0.3 is 14.2 Å². The van der Waals surface area contributed by atoms with Crippen LogP contribution < -0.4 is 0 Å². The minimum atomic E-state index is -0.0156. The highest BCUT2D eigenvalue weighted by molar-refractivity contribution is 4.72. The molecule has 0 fully saturated rings. The van der Waals surface area contributed by atoms with Crippen molar-refractivity contribution >= 4 is 0 Å². The minimum Gasteiger partial charge on any atom is -0.384 e. The van der Waals surface area contributed by atoms with Gasteiger partial charge in [0, 0.05) is 26.7 Å². The quantitative estimate of drug-likeness (QED) is 0.618. The van der Waals surface area contributed by atoms with Gasteiger partial charge in [-0.05, 0) is 0 Å². The molecule has 0 rings (SSSR count). The summed E-state index contributed by atoms with van der Waals surface area (Å²) in [6.45, 7) is 4.06. The molecule has 0 atom stereocenters. The first kappa shape index (κ1) is 14.4. The van der Waals surface area contributed by atoms with Gasteiger partial charge in [0.2, 0.25) is 0 Å². The molecule has 0 N–H and O–H groups in total. The van der Waals surface area contributed by atoms with E-state index in [-0.39, 0.29) is 12.8 Å². The predicted octanol–water partition coefficient (Wildman–Crippen LogP) is 1.57. The van der Waals surface area contributed by atoms with Gasteiger partial charge in [0.15, 0.2) is 0 Å². The van der Waals surface area contributed by atoms with Crippen LogP contribution in [0, 0.1) is 5.41 Å². The smallest absolute Gasteiger partial charge is 0.0560 e. The van der Waals surface area contributed by atoms with Crippen LogP contribution in [0.3, 0.4) is 0 Å². The molecule has 0 saturated heterocycles. The molecule has 0 aromatic rings. The zero-order valence-corrected chi connectivity index (χ0v) is 7.85. The third-order valence-corrected chi connectivity index (χ3v) is 1.48. The van der Waals surface area contributed by atoms with E-state index >= 15 is 0 Å². The number of rotatable bonds is 6. The molecule has 3 heteroatoms.